The van der Waals surface area contributed by atoms with Crippen molar-refractivity contribution in [2.75, 3.05) is 38.2 Å². The van der Waals surface area contributed by atoms with E-state index in [0.717, 1.165) is 52.0 Å². The molecule has 9 heteroatoms. The summed E-state index contributed by atoms with van der Waals surface area (Å²) in [5.74, 6) is 0.381. The zero-order chi connectivity index (χ0) is 24.3. The molecule has 0 radical (unpaired) electrons. The van der Waals surface area contributed by atoms with Gasteiger partial charge in [-0.25, -0.2) is 4.98 Å². The maximum atomic E-state index is 13.3. The minimum Gasteiger partial charge on any atom is -0.304 e. The number of nitrogens with one attached hydrogen (secondary N) is 1. The molecule has 2 aromatic rings. The van der Waals surface area contributed by atoms with E-state index in [-0.39, 0.29) is 23.2 Å². The van der Waals surface area contributed by atoms with Gasteiger partial charge in [-0.1, -0.05) is 32.4 Å². The predicted octanol–water partition coefficient (Wildman–Crippen LogP) is 3.59. The number of piperazine rings is 1. The van der Waals surface area contributed by atoms with E-state index >= 15 is 0 Å². The molecule has 1 saturated heterocycles. The number of hydrogen-bond acceptors (Lipinski definition) is 7. The summed E-state index contributed by atoms with van der Waals surface area (Å²) in [4.78, 5) is 26.5. The summed E-state index contributed by atoms with van der Waals surface area (Å²) < 4.78 is 0.636. The van der Waals surface area contributed by atoms with Gasteiger partial charge in [-0.05, 0) is 58.9 Å². The molecule has 1 aliphatic carbocycles. The lowest BCUT2D eigenvalue weighted by Crippen LogP contribution is -2.53. The first-order chi connectivity index (χ1) is 16.3. The third kappa shape index (κ3) is 5.57. The van der Waals surface area contributed by atoms with E-state index in [2.05, 4.69) is 62.0 Å². The number of carbonyl (C=O) groups excluding carboxylic acids is 1. The minimum absolute atomic E-state index is 0.0170. The van der Waals surface area contributed by atoms with Gasteiger partial charge >= 0.3 is 0 Å². The standard InChI is InChI=1S/C25H32BrN7O/c1-25(2)10-4-5-21(25)33(23-20(26)16-28-22(15-27)29-23)30-24(34)19-8-6-18(7-9-19)17-32-13-11-31(3)12-14-32/h6-9,16,21H,4-5,10-14,17H2,1-3H3,(H,30,34). The first-order valence-corrected chi connectivity index (χ1v) is 12.6. The van der Waals surface area contributed by atoms with E-state index in [9.17, 15) is 10.1 Å². The maximum absolute atomic E-state index is 13.3. The average Bonchev–Trinajstić information content (AvgIpc) is 3.18. The highest BCUT2D eigenvalue weighted by Crippen LogP contribution is 2.42. The molecule has 2 heterocycles. The molecule has 1 aromatic carbocycles. The van der Waals surface area contributed by atoms with E-state index in [0.29, 0.717) is 15.9 Å². The Hall–Kier alpha value is -2.54. The van der Waals surface area contributed by atoms with E-state index < -0.39 is 0 Å². The summed E-state index contributed by atoms with van der Waals surface area (Å²) in [6, 6.07) is 9.88. The first-order valence-electron chi connectivity index (χ1n) is 11.8. The molecule has 34 heavy (non-hydrogen) atoms. The lowest BCUT2D eigenvalue weighted by molar-refractivity contribution is 0.0936. The fourth-order valence-electron chi connectivity index (χ4n) is 4.85. The molecule has 1 saturated carbocycles. The molecule has 1 atom stereocenters. The molecule has 180 valence electrons. The number of hydrazine groups is 1. The fraction of sp³-hybridized carbons (Fsp3) is 0.520. The van der Waals surface area contributed by atoms with Crippen LogP contribution in [-0.2, 0) is 6.54 Å². The molecule has 2 aliphatic rings. The number of halogens is 1. The van der Waals surface area contributed by atoms with Gasteiger partial charge in [-0.3, -0.25) is 20.1 Å². The average molecular weight is 526 g/mol. The maximum Gasteiger partial charge on any atom is 0.269 e. The summed E-state index contributed by atoms with van der Waals surface area (Å²) in [5.41, 5.74) is 4.87. The van der Waals surface area contributed by atoms with Gasteiger partial charge in [0, 0.05) is 44.5 Å². The van der Waals surface area contributed by atoms with Crippen LogP contribution in [-0.4, -0.2) is 64.9 Å². The van der Waals surface area contributed by atoms with Crippen LogP contribution in [0.3, 0.4) is 0 Å². The summed E-state index contributed by atoms with van der Waals surface area (Å²) in [7, 11) is 2.15. The van der Waals surface area contributed by atoms with Crippen molar-refractivity contribution in [2.24, 2.45) is 5.41 Å². The lowest BCUT2D eigenvalue weighted by atomic mass is 9.87. The normalized spacial score (nSPS) is 20.6. The van der Waals surface area contributed by atoms with Crippen LogP contribution < -0.4 is 10.4 Å². The number of hydrogen-bond donors (Lipinski definition) is 1. The highest BCUT2D eigenvalue weighted by atomic mass is 79.9. The quantitative estimate of drug-likeness (QED) is 0.576. The second-order valence-corrected chi connectivity index (χ2v) is 10.8. The van der Waals surface area contributed by atoms with E-state index in [1.54, 1.807) is 6.20 Å². The Morgan fingerprint density at radius 3 is 2.59 bits per heavy atom. The highest BCUT2D eigenvalue weighted by molar-refractivity contribution is 9.10. The zero-order valence-electron chi connectivity index (χ0n) is 20.1. The third-order valence-corrected chi connectivity index (χ3v) is 7.57. The van der Waals surface area contributed by atoms with Crippen LogP contribution >= 0.6 is 15.9 Å². The van der Waals surface area contributed by atoms with Crippen LogP contribution in [0.1, 0.15) is 54.9 Å². The van der Waals surface area contributed by atoms with Crippen molar-refractivity contribution < 1.29 is 4.79 Å². The summed E-state index contributed by atoms with van der Waals surface area (Å²) >= 11 is 3.52. The summed E-state index contributed by atoms with van der Waals surface area (Å²) in [6.07, 6.45) is 4.61. The van der Waals surface area contributed by atoms with Crippen molar-refractivity contribution in [1.29, 1.82) is 5.26 Å². The summed E-state index contributed by atoms with van der Waals surface area (Å²) in [5, 5.41) is 11.2. The van der Waals surface area contributed by atoms with Crippen LogP contribution in [0.2, 0.25) is 0 Å². The van der Waals surface area contributed by atoms with E-state index in [4.69, 9.17) is 0 Å². The van der Waals surface area contributed by atoms with Crippen molar-refractivity contribution >= 4 is 27.7 Å². The van der Waals surface area contributed by atoms with Gasteiger partial charge in [0.1, 0.15) is 6.07 Å². The molecule has 1 unspecified atom stereocenters. The van der Waals surface area contributed by atoms with E-state index in [1.165, 1.54) is 5.56 Å². The van der Waals surface area contributed by atoms with Gasteiger partial charge in [0.15, 0.2) is 5.82 Å². The molecule has 0 spiro atoms. The molecule has 4 rings (SSSR count). The number of amides is 1. The van der Waals surface area contributed by atoms with Gasteiger partial charge in [0.25, 0.3) is 5.91 Å². The molecule has 2 fully saturated rings. The molecule has 1 N–H and O–H groups in total. The predicted molar refractivity (Wildman–Crippen MR) is 135 cm³/mol. The van der Waals surface area contributed by atoms with Gasteiger partial charge in [-0.2, -0.15) is 10.2 Å². The number of anilines is 1. The molecule has 1 aromatic heterocycles. The van der Waals surface area contributed by atoms with Crippen LogP contribution in [0.15, 0.2) is 34.9 Å². The lowest BCUT2D eigenvalue weighted by Gasteiger charge is -2.38. The number of nitrogens with zero attached hydrogens (tertiary/aromatic N) is 6. The number of benzene rings is 1. The smallest absolute Gasteiger partial charge is 0.269 e. The largest absolute Gasteiger partial charge is 0.304 e. The summed E-state index contributed by atoms with van der Waals surface area (Å²) in [6.45, 7) is 9.59. The molecule has 0 bridgehead atoms. The van der Waals surface area contributed by atoms with Crippen LogP contribution in [0.4, 0.5) is 5.82 Å². The van der Waals surface area contributed by atoms with Crippen LogP contribution in [0.25, 0.3) is 0 Å². The number of likely N-dealkylation sites (N-methyl/N-ethyl adjacent to an activating group) is 1. The van der Waals surface area contributed by atoms with Crippen molar-refractivity contribution in [3.05, 3.63) is 51.9 Å². The first kappa shape index (κ1) is 24.6. The monoisotopic (exact) mass is 525 g/mol. The SMILES string of the molecule is CN1CCN(Cc2ccc(C(=O)NN(c3nc(C#N)ncc3Br)C3CCCC3(C)C)cc2)CC1. The number of rotatable bonds is 6. The molecule has 1 aliphatic heterocycles. The second kappa shape index (κ2) is 10.4. The van der Waals surface area contributed by atoms with Crippen LogP contribution in [0, 0.1) is 16.7 Å². The van der Waals surface area contributed by atoms with Crippen molar-refractivity contribution in [2.45, 2.75) is 45.7 Å². The van der Waals surface area contributed by atoms with Crippen molar-refractivity contribution in [3.8, 4) is 6.07 Å². The van der Waals surface area contributed by atoms with Gasteiger partial charge in [0.2, 0.25) is 5.82 Å². The Morgan fingerprint density at radius 1 is 1.26 bits per heavy atom. The number of carbonyl (C=O) groups is 1. The second-order valence-electron chi connectivity index (χ2n) is 9.96. The Labute approximate surface area is 210 Å². The third-order valence-electron chi connectivity index (χ3n) is 7.01. The molecular weight excluding hydrogens is 494 g/mol. The van der Waals surface area contributed by atoms with Gasteiger partial charge in [-0.15, -0.1) is 0 Å². The van der Waals surface area contributed by atoms with Crippen molar-refractivity contribution in [1.82, 2.24) is 25.2 Å². The fourth-order valence-corrected chi connectivity index (χ4v) is 5.23. The van der Waals surface area contributed by atoms with Gasteiger partial charge < -0.3 is 4.90 Å². The van der Waals surface area contributed by atoms with Crippen molar-refractivity contribution in [3.63, 3.8) is 0 Å². The highest BCUT2D eigenvalue weighted by Gasteiger charge is 2.40. The number of nitriles is 1. The molecule has 8 nitrogen and oxygen atoms in total. The molecule has 1 amide bonds. The molecular formula is C25H32BrN7O. The zero-order valence-corrected chi connectivity index (χ0v) is 21.7. The Balaban J connectivity index is 1.52. The Bertz CT molecular complexity index is 1060. The van der Waals surface area contributed by atoms with E-state index in [1.807, 2.05) is 35.3 Å². The Morgan fingerprint density at radius 2 is 1.97 bits per heavy atom. The Kier molecular flexibility index (Phi) is 7.51. The minimum atomic E-state index is -0.196. The van der Waals surface area contributed by atoms with Gasteiger partial charge in [0.05, 0.1) is 10.5 Å². The topological polar surface area (TPSA) is 88.4 Å². The van der Waals surface area contributed by atoms with Crippen LogP contribution in [0.5, 0.6) is 0 Å². The number of aromatic nitrogens is 2.